The second-order valence-corrected chi connectivity index (χ2v) is 4.89. The van der Waals surface area contributed by atoms with Gasteiger partial charge in [-0.25, -0.2) is 9.18 Å². The largest absolute Gasteiger partial charge is 0.336 e. The third-order valence-corrected chi connectivity index (χ3v) is 3.37. The third kappa shape index (κ3) is 4.81. The molecule has 1 atom stereocenters. The minimum absolute atomic E-state index is 0.198. The van der Waals surface area contributed by atoms with E-state index in [1.54, 1.807) is 19.1 Å². The summed E-state index contributed by atoms with van der Waals surface area (Å²) >= 11 is 0. The van der Waals surface area contributed by atoms with Crippen molar-refractivity contribution in [3.63, 3.8) is 0 Å². The number of hydrogen-bond donors (Lipinski definition) is 2. The molecule has 0 aliphatic heterocycles. The number of nitrogens with zero attached hydrogens (tertiary/aromatic N) is 1. The van der Waals surface area contributed by atoms with Crippen molar-refractivity contribution in [1.82, 2.24) is 10.2 Å². The Morgan fingerprint density at radius 2 is 2.00 bits per heavy atom. The number of urea groups is 1. The Balaban J connectivity index is 2.48. The summed E-state index contributed by atoms with van der Waals surface area (Å²) in [7, 11) is 0. The molecule has 5 heteroatoms. The minimum atomic E-state index is -0.419. The molecule has 1 rings (SSSR count). The van der Waals surface area contributed by atoms with Gasteiger partial charge in [0.1, 0.15) is 5.82 Å². The van der Waals surface area contributed by atoms with E-state index in [1.807, 2.05) is 0 Å². The number of nitrogens with one attached hydrogen (secondary N) is 2. The smallest absolute Gasteiger partial charge is 0.319 e. The lowest BCUT2D eigenvalue weighted by Gasteiger charge is -2.26. The molecule has 0 fully saturated rings. The fourth-order valence-corrected chi connectivity index (χ4v) is 2.10. The van der Waals surface area contributed by atoms with Gasteiger partial charge in [-0.1, -0.05) is 19.9 Å². The van der Waals surface area contributed by atoms with Gasteiger partial charge in [-0.05, 0) is 44.6 Å². The van der Waals surface area contributed by atoms with Crippen LogP contribution in [-0.2, 0) is 0 Å². The zero-order valence-corrected chi connectivity index (χ0v) is 12.7. The van der Waals surface area contributed by atoms with Gasteiger partial charge in [0.05, 0.1) is 5.69 Å². The number of rotatable bonds is 6. The number of anilines is 1. The molecule has 1 aromatic rings. The zero-order valence-electron chi connectivity index (χ0n) is 12.7. The minimum Gasteiger partial charge on any atom is -0.336 e. The molecule has 4 nitrogen and oxygen atoms in total. The number of hydrogen-bond acceptors (Lipinski definition) is 2. The third-order valence-electron chi connectivity index (χ3n) is 3.37. The van der Waals surface area contributed by atoms with Crippen molar-refractivity contribution in [1.29, 1.82) is 0 Å². The van der Waals surface area contributed by atoms with Crippen LogP contribution in [0.4, 0.5) is 14.9 Å². The van der Waals surface area contributed by atoms with Crippen molar-refractivity contribution < 1.29 is 9.18 Å². The van der Waals surface area contributed by atoms with Crippen LogP contribution in [0, 0.1) is 12.7 Å². The lowest BCUT2D eigenvalue weighted by atomic mass is 10.2. The van der Waals surface area contributed by atoms with E-state index >= 15 is 0 Å². The van der Waals surface area contributed by atoms with Gasteiger partial charge in [0.15, 0.2) is 0 Å². The van der Waals surface area contributed by atoms with E-state index in [0.29, 0.717) is 6.54 Å². The molecule has 1 aromatic carbocycles. The first-order chi connectivity index (χ1) is 9.47. The van der Waals surface area contributed by atoms with Crippen molar-refractivity contribution in [2.24, 2.45) is 0 Å². The van der Waals surface area contributed by atoms with E-state index in [4.69, 9.17) is 0 Å². The first-order valence-electron chi connectivity index (χ1n) is 7.03. The highest BCUT2D eigenvalue weighted by Gasteiger charge is 2.12. The fraction of sp³-hybridized carbons (Fsp3) is 0.533. The topological polar surface area (TPSA) is 44.4 Å². The van der Waals surface area contributed by atoms with Crippen LogP contribution >= 0.6 is 0 Å². The number of amides is 2. The maximum Gasteiger partial charge on any atom is 0.319 e. The predicted octanol–water partition coefficient (Wildman–Crippen LogP) is 2.99. The van der Waals surface area contributed by atoms with Crippen LogP contribution in [-0.4, -0.2) is 36.6 Å². The van der Waals surface area contributed by atoms with E-state index in [-0.39, 0.29) is 17.8 Å². The zero-order chi connectivity index (χ0) is 15.1. The second kappa shape index (κ2) is 7.85. The molecule has 0 aliphatic rings. The highest BCUT2D eigenvalue weighted by Crippen LogP contribution is 2.14. The van der Waals surface area contributed by atoms with Gasteiger partial charge >= 0.3 is 6.03 Å². The molecule has 0 heterocycles. The van der Waals surface area contributed by atoms with Crippen LogP contribution < -0.4 is 10.6 Å². The molecule has 0 saturated heterocycles. The summed E-state index contributed by atoms with van der Waals surface area (Å²) in [5.41, 5.74) is 1.02. The van der Waals surface area contributed by atoms with Crippen LogP contribution in [0.5, 0.6) is 0 Å². The summed E-state index contributed by atoms with van der Waals surface area (Å²) in [6, 6.07) is 4.59. The highest BCUT2D eigenvalue weighted by molar-refractivity contribution is 5.89. The summed E-state index contributed by atoms with van der Waals surface area (Å²) in [6.07, 6.45) is 0. The molecular formula is C15H24FN3O. The summed E-state index contributed by atoms with van der Waals surface area (Å²) in [6.45, 7) is 10.4. The summed E-state index contributed by atoms with van der Waals surface area (Å²) in [5, 5.41) is 5.29. The molecule has 0 spiro atoms. The van der Waals surface area contributed by atoms with Gasteiger partial charge in [0, 0.05) is 12.6 Å². The Morgan fingerprint density at radius 3 is 2.55 bits per heavy atom. The Kier molecular flexibility index (Phi) is 6.45. The molecule has 0 radical (unpaired) electrons. The number of carbonyl (C=O) groups is 1. The lowest BCUT2D eigenvalue weighted by molar-refractivity contribution is 0.219. The first-order valence-corrected chi connectivity index (χ1v) is 7.03. The Bertz CT molecular complexity index is 447. The van der Waals surface area contributed by atoms with Crippen molar-refractivity contribution in [3.05, 3.63) is 29.6 Å². The van der Waals surface area contributed by atoms with Crippen LogP contribution in [0.25, 0.3) is 0 Å². The average Bonchev–Trinajstić information content (AvgIpc) is 2.41. The van der Waals surface area contributed by atoms with Crippen molar-refractivity contribution in [2.75, 3.05) is 25.0 Å². The molecule has 0 aliphatic carbocycles. The predicted molar refractivity (Wildman–Crippen MR) is 80.5 cm³/mol. The summed E-state index contributed by atoms with van der Waals surface area (Å²) < 4.78 is 13.6. The second-order valence-electron chi connectivity index (χ2n) is 4.89. The van der Waals surface area contributed by atoms with Crippen LogP contribution in [0.15, 0.2) is 18.2 Å². The van der Waals surface area contributed by atoms with Crippen molar-refractivity contribution in [3.8, 4) is 0 Å². The maximum absolute atomic E-state index is 13.6. The van der Waals surface area contributed by atoms with Crippen LogP contribution in [0.2, 0.25) is 0 Å². The van der Waals surface area contributed by atoms with Gasteiger partial charge in [0.2, 0.25) is 0 Å². The van der Waals surface area contributed by atoms with Gasteiger partial charge in [0.25, 0.3) is 0 Å². The lowest BCUT2D eigenvalue weighted by Crippen LogP contribution is -2.43. The summed E-state index contributed by atoms with van der Waals surface area (Å²) in [5.74, 6) is -0.419. The van der Waals surface area contributed by atoms with E-state index in [9.17, 15) is 9.18 Å². The average molecular weight is 281 g/mol. The monoisotopic (exact) mass is 281 g/mol. The molecule has 0 saturated carbocycles. The molecule has 20 heavy (non-hydrogen) atoms. The first kappa shape index (κ1) is 16.4. The van der Waals surface area contributed by atoms with Crippen molar-refractivity contribution in [2.45, 2.75) is 33.7 Å². The molecule has 0 unspecified atom stereocenters. The van der Waals surface area contributed by atoms with Crippen molar-refractivity contribution >= 4 is 11.7 Å². The SMILES string of the molecule is CCN(CC)[C@H](C)CNC(=O)Nc1ccc(C)cc1F. The molecular weight excluding hydrogens is 257 g/mol. The van der Waals surface area contributed by atoms with Crippen LogP contribution in [0.3, 0.4) is 0 Å². The standard InChI is InChI=1S/C15H24FN3O/c1-5-19(6-2)12(4)10-17-15(20)18-14-8-7-11(3)9-13(14)16/h7-9,12H,5-6,10H2,1-4H3,(H2,17,18,20)/t12-/m1/s1. The molecule has 112 valence electrons. The number of aryl methyl sites for hydroxylation is 1. The fourth-order valence-electron chi connectivity index (χ4n) is 2.10. The summed E-state index contributed by atoms with van der Waals surface area (Å²) in [4.78, 5) is 14.0. The quantitative estimate of drug-likeness (QED) is 0.842. The Labute approximate surface area is 120 Å². The van der Waals surface area contributed by atoms with Gasteiger partial charge in [-0.2, -0.15) is 0 Å². The number of halogens is 1. The van der Waals surface area contributed by atoms with Gasteiger partial charge in [-0.15, -0.1) is 0 Å². The maximum atomic E-state index is 13.6. The van der Waals surface area contributed by atoms with E-state index in [2.05, 4.69) is 36.3 Å². The Hall–Kier alpha value is -1.62. The van der Waals surface area contributed by atoms with E-state index in [0.717, 1.165) is 18.7 Å². The van der Waals surface area contributed by atoms with E-state index in [1.165, 1.54) is 6.07 Å². The molecule has 2 amide bonds. The number of carbonyl (C=O) groups excluding carboxylic acids is 1. The Morgan fingerprint density at radius 1 is 1.35 bits per heavy atom. The van der Waals surface area contributed by atoms with Crippen LogP contribution in [0.1, 0.15) is 26.3 Å². The van der Waals surface area contributed by atoms with E-state index < -0.39 is 5.82 Å². The molecule has 0 bridgehead atoms. The highest BCUT2D eigenvalue weighted by atomic mass is 19.1. The normalized spacial score (nSPS) is 12.3. The van der Waals surface area contributed by atoms with Gasteiger partial charge in [-0.3, -0.25) is 4.90 Å². The number of benzene rings is 1. The number of likely N-dealkylation sites (N-methyl/N-ethyl adjacent to an activating group) is 1. The molecule has 0 aromatic heterocycles. The molecule has 2 N–H and O–H groups in total. The van der Waals surface area contributed by atoms with Gasteiger partial charge < -0.3 is 10.6 Å².